The molecule has 4 fully saturated rings. The number of nitrogens with zero attached hydrogens (tertiary/aromatic N) is 2. The molecular weight excluding hydrogens is 1090 g/mol. The van der Waals surface area contributed by atoms with Gasteiger partial charge in [-0.2, -0.15) is 0 Å². The number of nitrogen functional groups attached to an aromatic ring is 1. The van der Waals surface area contributed by atoms with Gasteiger partial charge in [0.1, 0.15) is 17.5 Å². The molecule has 20 nitrogen and oxygen atoms in total. The molecule has 1 amide bonds. The van der Waals surface area contributed by atoms with Crippen molar-refractivity contribution in [2.24, 2.45) is 29.4 Å². The van der Waals surface area contributed by atoms with E-state index < -0.39 is 120 Å². The minimum Gasteiger partial charge on any atom is -0.458 e. The molecule has 4 aliphatic heterocycles. The van der Waals surface area contributed by atoms with E-state index in [0.717, 1.165) is 5.56 Å². The predicted octanol–water partition coefficient (Wildman–Crippen LogP) is 8.55. The molecular formula is C65H93N5O15. The average molecular weight is 1180 g/mol. The quantitative estimate of drug-likeness (QED) is 0.0440. The highest BCUT2D eigenvalue weighted by Gasteiger charge is 2.61. The van der Waals surface area contributed by atoms with Gasteiger partial charge in [0.15, 0.2) is 30.4 Å². The number of benzene rings is 3. The Morgan fingerprint density at radius 2 is 1.38 bits per heavy atom. The Bertz CT molecular complexity index is 2770. The lowest BCUT2D eigenvalue weighted by molar-refractivity contribution is -0.318. The molecule has 0 radical (unpaired) electrons. The Kier molecular flexibility index (Phi) is 22.3. The van der Waals surface area contributed by atoms with Crippen LogP contribution in [-0.2, 0) is 57.0 Å². The number of fused-ring (bicyclic) bond motifs is 1. The Morgan fingerprint density at radius 1 is 0.765 bits per heavy atom. The number of anilines is 1. The van der Waals surface area contributed by atoms with Crippen LogP contribution in [0.3, 0.4) is 0 Å². The maximum Gasteiger partial charge on any atom is 0.410 e. The number of methoxy groups -OCH3 is 2. The number of ether oxygens (including phenoxy) is 10. The third-order valence-corrected chi connectivity index (χ3v) is 18.0. The van der Waals surface area contributed by atoms with Crippen LogP contribution in [0.2, 0.25) is 0 Å². The highest BCUT2D eigenvalue weighted by molar-refractivity contribution is 5.90. The molecule has 3 aromatic carbocycles. The summed E-state index contributed by atoms with van der Waals surface area (Å²) in [4.78, 5) is 76.5. The molecule has 7 rings (SSSR count). The number of carbonyl (C=O) groups is 5. The summed E-state index contributed by atoms with van der Waals surface area (Å²) in [7, 11) is 6.87. The van der Waals surface area contributed by atoms with Gasteiger partial charge in [-0.15, -0.1) is 0 Å². The number of hydrogen-bond donors (Lipinski definition) is 3. The maximum atomic E-state index is 15.4. The summed E-state index contributed by atoms with van der Waals surface area (Å²) in [6.45, 7) is 18.9. The second kappa shape index (κ2) is 28.6. The van der Waals surface area contributed by atoms with E-state index in [1.807, 2.05) is 84.8 Å². The summed E-state index contributed by atoms with van der Waals surface area (Å²) in [5, 5.41) is 3.26. The van der Waals surface area contributed by atoms with E-state index >= 15 is 9.59 Å². The molecule has 18 atom stereocenters. The molecule has 4 saturated heterocycles. The Hall–Kier alpha value is -6.13. The molecule has 3 aromatic rings. The highest BCUT2D eigenvalue weighted by atomic mass is 16.7. The van der Waals surface area contributed by atoms with E-state index in [0.29, 0.717) is 48.3 Å². The number of esters is 3. The second-order valence-electron chi connectivity index (χ2n) is 24.5. The summed E-state index contributed by atoms with van der Waals surface area (Å²) in [5.41, 5.74) is 10.9. The third kappa shape index (κ3) is 15.2. The number of cyclic esters (lactones) is 1. The summed E-state index contributed by atoms with van der Waals surface area (Å²) in [6, 6.07) is 23.3. The number of nitrogens with two attached hydrogens (primary N) is 2. The van der Waals surface area contributed by atoms with Crippen molar-refractivity contribution in [2.45, 2.75) is 192 Å². The van der Waals surface area contributed by atoms with Crippen LogP contribution in [0.1, 0.15) is 134 Å². The maximum absolute atomic E-state index is 15.4. The van der Waals surface area contributed by atoms with Gasteiger partial charge in [0.05, 0.1) is 64.8 Å². The zero-order chi connectivity index (χ0) is 62.1. The lowest BCUT2D eigenvalue weighted by Crippen LogP contribution is -2.62. The summed E-state index contributed by atoms with van der Waals surface area (Å²) in [6.07, 6.45) is -5.53. The fraction of sp³-hybridized carbons (Fsp3) is 0.615. The SMILES string of the molecule is CCC1OC(=O)[C@H](C)[C@@H](OC2C[C@@](C)(OC)[C@@H](OC(=O)c3ccccc3)[C@H](C)O2)[C@H](C)[C@@H](OC2O[C@H](C)C[C@H](N(C)C)[C@H]2OC(=O)c2ccccc2)[C@@](C)(OC)C[C@@H](C)C(=O)[C@H](C)C2N(CCCCN/C=C(\N)c3cccc(N)c3)C(=O)O[C@]12C. The summed E-state index contributed by atoms with van der Waals surface area (Å²) < 4.78 is 66.3. The lowest BCUT2D eigenvalue weighted by atomic mass is 9.73. The number of hydrogen-bond acceptors (Lipinski definition) is 19. The minimum atomic E-state index is -1.50. The van der Waals surface area contributed by atoms with Crippen molar-refractivity contribution in [3.8, 4) is 0 Å². The Balaban J connectivity index is 1.27. The zero-order valence-corrected chi connectivity index (χ0v) is 52.2. The zero-order valence-electron chi connectivity index (χ0n) is 52.2. The van der Waals surface area contributed by atoms with Crippen LogP contribution in [0.5, 0.6) is 0 Å². The number of likely N-dealkylation sites (N-methyl/N-ethyl adjacent to an activating group) is 1. The molecule has 4 aliphatic rings. The van der Waals surface area contributed by atoms with Crippen LogP contribution in [0.4, 0.5) is 10.5 Å². The van der Waals surface area contributed by atoms with E-state index in [4.69, 9.17) is 58.8 Å². The van der Waals surface area contributed by atoms with Crippen LogP contribution in [-0.4, -0.2) is 165 Å². The van der Waals surface area contributed by atoms with Crippen molar-refractivity contribution in [3.63, 3.8) is 0 Å². The molecule has 0 aromatic heterocycles. The summed E-state index contributed by atoms with van der Waals surface area (Å²) >= 11 is 0. The number of rotatable bonds is 19. The first-order chi connectivity index (χ1) is 40.3. The fourth-order valence-electron chi connectivity index (χ4n) is 13.2. The first-order valence-electron chi connectivity index (χ1n) is 30.0. The van der Waals surface area contributed by atoms with Crippen molar-refractivity contribution in [1.82, 2.24) is 15.1 Å². The van der Waals surface area contributed by atoms with Crippen molar-refractivity contribution < 1.29 is 71.3 Å². The van der Waals surface area contributed by atoms with Gasteiger partial charge in [0, 0.05) is 68.9 Å². The predicted molar refractivity (Wildman–Crippen MR) is 319 cm³/mol. The number of unbranched alkanes of at least 4 members (excludes halogenated alkanes) is 1. The van der Waals surface area contributed by atoms with E-state index in [-0.39, 0.29) is 43.7 Å². The second-order valence-corrected chi connectivity index (χ2v) is 24.5. The lowest BCUT2D eigenvalue weighted by Gasteiger charge is -2.50. The highest BCUT2D eigenvalue weighted by Crippen LogP contribution is 2.45. The molecule has 0 aliphatic carbocycles. The van der Waals surface area contributed by atoms with Crippen molar-refractivity contribution >= 4 is 41.2 Å². The van der Waals surface area contributed by atoms with Crippen LogP contribution in [0.15, 0.2) is 91.1 Å². The number of Topliss-reactive ketones (excluding diaryl/α,β-unsaturated/α-hetero) is 1. The average Bonchev–Trinajstić information content (AvgIpc) is 1.78. The smallest absolute Gasteiger partial charge is 0.410 e. The van der Waals surface area contributed by atoms with Crippen LogP contribution >= 0.6 is 0 Å². The Labute approximate surface area is 502 Å². The first-order valence-corrected chi connectivity index (χ1v) is 30.0. The van der Waals surface area contributed by atoms with Gasteiger partial charge in [-0.25, -0.2) is 14.4 Å². The molecule has 5 N–H and O–H groups in total. The van der Waals surface area contributed by atoms with E-state index in [9.17, 15) is 14.4 Å². The minimum absolute atomic E-state index is 0.0422. The fourth-order valence-corrected chi connectivity index (χ4v) is 13.2. The van der Waals surface area contributed by atoms with Gasteiger partial charge in [-0.05, 0) is 124 Å². The van der Waals surface area contributed by atoms with Crippen LogP contribution in [0.25, 0.3) is 5.70 Å². The molecule has 20 heteroatoms. The molecule has 0 saturated carbocycles. The van der Waals surface area contributed by atoms with E-state index in [2.05, 4.69) is 5.32 Å². The van der Waals surface area contributed by atoms with Gasteiger partial charge in [0.25, 0.3) is 0 Å². The van der Waals surface area contributed by atoms with Crippen molar-refractivity contribution in [2.75, 3.05) is 47.1 Å². The van der Waals surface area contributed by atoms with Gasteiger partial charge >= 0.3 is 24.0 Å². The monoisotopic (exact) mass is 1180 g/mol. The van der Waals surface area contributed by atoms with Crippen LogP contribution < -0.4 is 16.8 Å². The molecule has 85 heavy (non-hydrogen) atoms. The first kappa shape index (κ1) is 66.4. The summed E-state index contributed by atoms with van der Waals surface area (Å²) in [5.74, 6) is -5.53. The molecule has 0 bridgehead atoms. The van der Waals surface area contributed by atoms with Gasteiger partial charge in [-0.1, -0.05) is 76.2 Å². The number of ketones is 1. The standard InChI is InChI=1S/C65H93N5O15/c1-15-50-65(10)55(70(62(75)85-65)32-23-22-31-68-37-48(67)46-29-24-30-47(66)34-46)40(4)52(71)38(2)35-63(8,76-13)56(84-61-54(49(69(11)12)33-39(3)78-61)82-59(73)44-25-18-16-19-26-44)41(5)53(42(6)58(72)80-50)81-51-36-64(9,77-14)57(43(7)79-51)83-60(74)45-27-20-17-21-28-45/h16-21,24-30,34,37-43,49-51,53-57,61,68H,15,22-23,31-33,35-36,66-67H2,1-14H3/b48-37-/t38-,39-,40+,41+,42-,43+,49+,50?,51?,53+,54-,55?,56-,57+,61?,63+,64-,65-/m1/s1. The van der Waals surface area contributed by atoms with Gasteiger partial charge in [-0.3, -0.25) is 9.59 Å². The Morgan fingerprint density at radius 3 is 1.98 bits per heavy atom. The molecule has 0 spiro atoms. The van der Waals surface area contributed by atoms with Crippen molar-refractivity contribution in [1.29, 1.82) is 0 Å². The van der Waals surface area contributed by atoms with E-state index in [1.165, 1.54) is 14.2 Å². The normalized spacial score (nSPS) is 35.0. The third-order valence-electron chi connectivity index (χ3n) is 18.0. The largest absolute Gasteiger partial charge is 0.458 e. The van der Waals surface area contributed by atoms with Crippen molar-refractivity contribution in [3.05, 3.63) is 108 Å². The van der Waals surface area contributed by atoms with E-state index in [1.54, 1.807) is 99.5 Å². The van der Waals surface area contributed by atoms with Crippen LogP contribution in [0, 0.1) is 23.7 Å². The molecule has 468 valence electrons. The number of nitrogens with one attached hydrogen (secondary N) is 1. The topological polar surface area (TPSA) is 248 Å². The molecule has 4 unspecified atom stereocenters. The van der Waals surface area contributed by atoms with Gasteiger partial charge in [0.2, 0.25) is 0 Å². The molecule has 4 heterocycles. The number of amides is 1. The number of carbonyl (C=O) groups excluding carboxylic acids is 5. The van der Waals surface area contributed by atoms with Gasteiger partial charge < -0.3 is 74.0 Å².